The van der Waals surface area contributed by atoms with E-state index >= 15 is 0 Å². The summed E-state index contributed by atoms with van der Waals surface area (Å²) in [4.78, 5) is 22.3. The van der Waals surface area contributed by atoms with E-state index in [1.807, 2.05) is 0 Å². The lowest BCUT2D eigenvalue weighted by molar-refractivity contribution is -0.116. The maximum atomic E-state index is 11.3. The van der Waals surface area contributed by atoms with Crippen LogP contribution in [0, 0.1) is 0 Å². The van der Waals surface area contributed by atoms with Crippen molar-refractivity contribution in [3.8, 4) is 0 Å². The first-order valence-electron chi connectivity index (χ1n) is 6.30. The third kappa shape index (κ3) is 12.7. The normalized spacial score (nSPS) is 11.4. The fourth-order valence-electron chi connectivity index (χ4n) is 1.10. The SMILES string of the molecule is C/C=C\C(=O)NCCOCCNC(=O)OC(C)(C)C. The molecule has 0 rings (SSSR count). The van der Waals surface area contributed by atoms with Crippen molar-refractivity contribution in [3.05, 3.63) is 12.2 Å². The summed E-state index contributed by atoms with van der Waals surface area (Å²) in [5.74, 6) is -0.141. The highest BCUT2D eigenvalue weighted by Gasteiger charge is 2.15. The van der Waals surface area contributed by atoms with Gasteiger partial charge in [0.1, 0.15) is 5.60 Å². The minimum absolute atomic E-state index is 0.141. The van der Waals surface area contributed by atoms with Gasteiger partial charge in [0, 0.05) is 13.1 Å². The van der Waals surface area contributed by atoms with E-state index in [1.54, 1.807) is 33.8 Å². The van der Waals surface area contributed by atoms with Gasteiger partial charge in [-0.25, -0.2) is 4.79 Å². The molecule has 0 unspecified atom stereocenters. The van der Waals surface area contributed by atoms with Crippen LogP contribution in [0.25, 0.3) is 0 Å². The number of carbonyl (C=O) groups excluding carboxylic acids is 2. The van der Waals surface area contributed by atoms with Gasteiger partial charge in [0.25, 0.3) is 0 Å². The number of ether oxygens (including phenoxy) is 2. The van der Waals surface area contributed by atoms with Crippen LogP contribution in [0.4, 0.5) is 4.79 Å². The second kappa shape index (κ2) is 9.38. The first-order valence-corrected chi connectivity index (χ1v) is 6.30. The van der Waals surface area contributed by atoms with Crippen LogP contribution in [0.3, 0.4) is 0 Å². The fraction of sp³-hybridized carbons (Fsp3) is 0.692. The molecule has 0 bridgehead atoms. The Labute approximate surface area is 114 Å². The van der Waals surface area contributed by atoms with E-state index < -0.39 is 11.7 Å². The quantitative estimate of drug-likeness (QED) is 0.539. The Bertz CT molecular complexity index is 308. The summed E-state index contributed by atoms with van der Waals surface area (Å²) in [5, 5.41) is 5.23. The van der Waals surface area contributed by atoms with Crippen LogP contribution in [0.1, 0.15) is 27.7 Å². The van der Waals surface area contributed by atoms with Crippen LogP contribution >= 0.6 is 0 Å². The van der Waals surface area contributed by atoms with Crippen molar-refractivity contribution >= 4 is 12.0 Å². The first-order chi connectivity index (χ1) is 8.85. The Balaban J connectivity index is 3.41. The lowest BCUT2D eigenvalue weighted by Gasteiger charge is -2.19. The molecule has 0 saturated carbocycles. The molecule has 0 radical (unpaired) electrons. The van der Waals surface area contributed by atoms with Crippen LogP contribution in [0.5, 0.6) is 0 Å². The molecule has 0 fully saturated rings. The summed E-state index contributed by atoms with van der Waals surface area (Å²) in [6, 6.07) is 0. The van der Waals surface area contributed by atoms with Crippen molar-refractivity contribution in [1.82, 2.24) is 10.6 Å². The van der Waals surface area contributed by atoms with Crippen molar-refractivity contribution < 1.29 is 19.1 Å². The predicted molar refractivity (Wildman–Crippen MR) is 72.9 cm³/mol. The Hall–Kier alpha value is -1.56. The second-order valence-electron chi connectivity index (χ2n) is 4.83. The van der Waals surface area contributed by atoms with Gasteiger partial charge >= 0.3 is 6.09 Å². The molecule has 6 nitrogen and oxygen atoms in total. The van der Waals surface area contributed by atoms with Gasteiger partial charge in [-0.05, 0) is 33.8 Å². The van der Waals surface area contributed by atoms with E-state index in [2.05, 4.69) is 10.6 Å². The molecule has 0 aliphatic carbocycles. The molecule has 2 amide bonds. The monoisotopic (exact) mass is 272 g/mol. The largest absolute Gasteiger partial charge is 0.444 e. The summed E-state index contributed by atoms with van der Waals surface area (Å²) >= 11 is 0. The molecule has 2 N–H and O–H groups in total. The van der Waals surface area contributed by atoms with E-state index in [0.29, 0.717) is 26.3 Å². The summed E-state index contributed by atoms with van der Waals surface area (Å²) < 4.78 is 10.3. The van der Waals surface area contributed by atoms with Crippen LogP contribution in [-0.2, 0) is 14.3 Å². The maximum absolute atomic E-state index is 11.3. The smallest absolute Gasteiger partial charge is 0.407 e. The molecule has 0 aliphatic rings. The molecular formula is C13H24N2O4. The number of alkyl carbamates (subject to hydrolysis) is 1. The lowest BCUT2D eigenvalue weighted by Crippen LogP contribution is -2.34. The van der Waals surface area contributed by atoms with Gasteiger partial charge in [-0.15, -0.1) is 0 Å². The van der Waals surface area contributed by atoms with Crippen molar-refractivity contribution in [2.75, 3.05) is 26.3 Å². The van der Waals surface area contributed by atoms with E-state index in [0.717, 1.165) is 0 Å². The van der Waals surface area contributed by atoms with E-state index in [4.69, 9.17) is 9.47 Å². The lowest BCUT2D eigenvalue weighted by atomic mass is 10.2. The zero-order valence-electron chi connectivity index (χ0n) is 12.1. The zero-order valence-corrected chi connectivity index (χ0v) is 12.1. The zero-order chi connectivity index (χ0) is 14.7. The van der Waals surface area contributed by atoms with E-state index in [-0.39, 0.29) is 5.91 Å². The van der Waals surface area contributed by atoms with E-state index in [1.165, 1.54) is 6.08 Å². The first kappa shape index (κ1) is 17.4. The van der Waals surface area contributed by atoms with Crippen LogP contribution < -0.4 is 10.6 Å². The average Bonchev–Trinajstić information content (AvgIpc) is 2.25. The molecule has 0 saturated heterocycles. The van der Waals surface area contributed by atoms with Crippen LogP contribution in [0.15, 0.2) is 12.2 Å². The number of rotatable bonds is 7. The van der Waals surface area contributed by atoms with Gasteiger partial charge in [-0.3, -0.25) is 4.79 Å². The molecule has 0 heterocycles. The minimum Gasteiger partial charge on any atom is -0.444 e. The minimum atomic E-state index is -0.498. The van der Waals surface area contributed by atoms with Crippen LogP contribution in [0.2, 0.25) is 0 Å². The summed E-state index contributed by atoms with van der Waals surface area (Å²) in [7, 11) is 0. The molecule has 0 aromatic rings. The Morgan fingerprint density at radius 3 is 2.21 bits per heavy atom. The molecule has 0 aromatic heterocycles. The van der Waals surface area contributed by atoms with Crippen molar-refractivity contribution in [2.45, 2.75) is 33.3 Å². The fourth-order valence-corrected chi connectivity index (χ4v) is 1.10. The van der Waals surface area contributed by atoms with Crippen molar-refractivity contribution in [2.24, 2.45) is 0 Å². The average molecular weight is 272 g/mol. The Morgan fingerprint density at radius 1 is 1.11 bits per heavy atom. The van der Waals surface area contributed by atoms with Gasteiger partial charge in [0.05, 0.1) is 13.2 Å². The molecule has 0 aliphatic heterocycles. The number of hydrogen-bond donors (Lipinski definition) is 2. The number of allylic oxidation sites excluding steroid dienone is 1. The molecule has 6 heteroatoms. The van der Waals surface area contributed by atoms with Gasteiger partial charge in [0.15, 0.2) is 0 Å². The molecule has 0 spiro atoms. The number of hydrogen-bond acceptors (Lipinski definition) is 4. The van der Waals surface area contributed by atoms with Crippen LogP contribution in [-0.4, -0.2) is 43.9 Å². The third-order valence-electron chi connectivity index (χ3n) is 1.78. The highest BCUT2D eigenvalue weighted by atomic mass is 16.6. The molecule has 110 valence electrons. The molecule has 0 atom stereocenters. The second-order valence-corrected chi connectivity index (χ2v) is 4.83. The van der Waals surface area contributed by atoms with Gasteiger partial charge in [-0.2, -0.15) is 0 Å². The van der Waals surface area contributed by atoms with Gasteiger partial charge < -0.3 is 20.1 Å². The summed E-state index contributed by atoms with van der Waals surface area (Å²) in [6.07, 6.45) is 2.66. The molecule has 19 heavy (non-hydrogen) atoms. The van der Waals surface area contributed by atoms with E-state index in [9.17, 15) is 9.59 Å². The predicted octanol–water partition coefficient (Wildman–Crippen LogP) is 1.22. The topological polar surface area (TPSA) is 76.7 Å². The highest BCUT2D eigenvalue weighted by molar-refractivity contribution is 5.87. The Kier molecular flexibility index (Phi) is 8.61. The summed E-state index contributed by atoms with van der Waals surface area (Å²) in [6.45, 7) is 8.77. The summed E-state index contributed by atoms with van der Waals surface area (Å²) in [5.41, 5.74) is -0.498. The molecule has 0 aromatic carbocycles. The standard InChI is InChI=1S/C13H24N2O4/c1-5-6-11(16)14-7-9-18-10-8-15-12(17)19-13(2,3)4/h5-6H,7-10H2,1-4H3,(H,14,16)(H,15,17)/b6-5-. The maximum Gasteiger partial charge on any atom is 0.407 e. The highest BCUT2D eigenvalue weighted by Crippen LogP contribution is 2.05. The van der Waals surface area contributed by atoms with Gasteiger partial charge in [0.2, 0.25) is 5.91 Å². The molecular weight excluding hydrogens is 248 g/mol. The third-order valence-corrected chi connectivity index (χ3v) is 1.78. The van der Waals surface area contributed by atoms with Crippen molar-refractivity contribution in [3.63, 3.8) is 0 Å². The Morgan fingerprint density at radius 2 is 1.68 bits per heavy atom. The number of nitrogens with one attached hydrogen (secondary N) is 2. The number of carbonyl (C=O) groups is 2. The number of amides is 2. The van der Waals surface area contributed by atoms with Gasteiger partial charge in [-0.1, -0.05) is 6.08 Å². The van der Waals surface area contributed by atoms with Crippen molar-refractivity contribution in [1.29, 1.82) is 0 Å².